The summed E-state index contributed by atoms with van der Waals surface area (Å²) in [5.41, 5.74) is -2.14. The number of benzene rings is 1. The zero-order valence-electron chi connectivity index (χ0n) is 9.16. The van der Waals surface area contributed by atoms with Gasteiger partial charge in [-0.3, -0.25) is 0 Å². The predicted octanol–water partition coefficient (Wildman–Crippen LogP) is 1.84. The molecule has 1 aromatic carbocycles. The smallest absolute Gasteiger partial charge is 0.370 e. The van der Waals surface area contributed by atoms with Crippen LogP contribution in [-0.2, 0) is 10.0 Å². The summed E-state index contributed by atoms with van der Waals surface area (Å²) in [5, 5.41) is 7.22. The maximum atomic E-state index is 12.8. The highest BCUT2D eigenvalue weighted by molar-refractivity contribution is 7.89. The lowest BCUT2D eigenvalue weighted by Gasteiger charge is -2.23. The molecule has 0 heterocycles. The third-order valence-electron chi connectivity index (χ3n) is 2.86. The Hall–Kier alpha value is -1.28. The molecule has 0 bridgehead atoms. The van der Waals surface area contributed by atoms with Gasteiger partial charge < -0.3 is 5.32 Å². The molecule has 1 saturated carbocycles. The highest BCUT2D eigenvalue weighted by atomic mass is 32.2. The van der Waals surface area contributed by atoms with Crippen molar-refractivity contribution in [2.75, 3.05) is 5.32 Å². The van der Waals surface area contributed by atoms with Crippen LogP contribution in [0.4, 0.5) is 18.9 Å². The zero-order chi connectivity index (χ0) is 13.6. The molecule has 0 unspecified atom stereocenters. The minimum absolute atomic E-state index is 0.0740. The van der Waals surface area contributed by atoms with Gasteiger partial charge >= 0.3 is 6.18 Å². The van der Waals surface area contributed by atoms with Gasteiger partial charge in [0.05, 0.1) is 5.69 Å². The summed E-state index contributed by atoms with van der Waals surface area (Å²) in [6, 6.07) is 5.29. The van der Waals surface area contributed by atoms with E-state index in [0.717, 1.165) is 0 Å². The Bertz CT molecular complexity index is 565. The molecule has 4 nitrogen and oxygen atoms in total. The maximum absolute atomic E-state index is 12.8. The molecular weight excluding hydrogens is 269 g/mol. The number of hydrogen-bond donors (Lipinski definition) is 2. The second-order valence-corrected chi connectivity index (χ2v) is 5.78. The molecule has 0 amide bonds. The normalized spacial score (nSPS) is 18.4. The highest BCUT2D eigenvalue weighted by Crippen LogP contribution is 2.51. The second kappa shape index (κ2) is 3.86. The number of anilines is 1. The van der Waals surface area contributed by atoms with E-state index < -0.39 is 21.7 Å². The molecule has 0 saturated heterocycles. The van der Waals surface area contributed by atoms with Crippen molar-refractivity contribution in [3.8, 4) is 0 Å². The summed E-state index contributed by atoms with van der Waals surface area (Å²) in [7, 11) is -4.05. The van der Waals surface area contributed by atoms with Crippen LogP contribution in [0.2, 0.25) is 0 Å². The first-order valence-corrected chi connectivity index (χ1v) is 6.67. The van der Waals surface area contributed by atoms with Gasteiger partial charge in [0.1, 0.15) is 10.4 Å². The molecule has 1 aliphatic carbocycles. The molecule has 0 spiro atoms. The number of primary sulfonamides is 1. The number of alkyl halides is 3. The van der Waals surface area contributed by atoms with Crippen LogP contribution >= 0.6 is 0 Å². The van der Waals surface area contributed by atoms with Crippen LogP contribution < -0.4 is 10.5 Å². The molecule has 100 valence electrons. The van der Waals surface area contributed by atoms with Crippen molar-refractivity contribution < 1.29 is 21.6 Å². The number of nitrogens with two attached hydrogens (primary N) is 1. The summed E-state index contributed by atoms with van der Waals surface area (Å²) in [5.74, 6) is 0. The van der Waals surface area contributed by atoms with E-state index in [9.17, 15) is 21.6 Å². The predicted molar refractivity (Wildman–Crippen MR) is 59.5 cm³/mol. The lowest BCUT2D eigenvalue weighted by atomic mass is 10.2. The Morgan fingerprint density at radius 1 is 1.22 bits per heavy atom. The minimum Gasteiger partial charge on any atom is -0.370 e. The average molecular weight is 280 g/mol. The molecule has 0 atom stereocenters. The number of halogens is 3. The first-order valence-electron chi connectivity index (χ1n) is 5.12. The van der Waals surface area contributed by atoms with E-state index in [0.29, 0.717) is 0 Å². The Morgan fingerprint density at radius 2 is 1.78 bits per heavy atom. The van der Waals surface area contributed by atoms with Gasteiger partial charge in [-0.25, -0.2) is 13.6 Å². The van der Waals surface area contributed by atoms with Gasteiger partial charge in [-0.2, -0.15) is 13.2 Å². The summed E-state index contributed by atoms with van der Waals surface area (Å²) in [6.07, 6.45) is -4.57. The Balaban J connectivity index is 2.37. The molecule has 1 fully saturated rings. The Labute approximate surface area is 102 Å². The molecule has 18 heavy (non-hydrogen) atoms. The molecular formula is C10H11F3N2O2S. The van der Waals surface area contributed by atoms with E-state index in [4.69, 9.17) is 5.14 Å². The Kier molecular flexibility index (Phi) is 2.82. The van der Waals surface area contributed by atoms with Crippen molar-refractivity contribution in [1.82, 2.24) is 0 Å². The molecule has 2 rings (SSSR count). The highest BCUT2D eigenvalue weighted by Gasteiger charge is 2.63. The van der Waals surface area contributed by atoms with Gasteiger partial charge in [0.25, 0.3) is 0 Å². The van der Waals surface area contributed by atoms with E-state index in [2.05, 4.69) is 5.32 Å². The molecule has 0 aliphatic heterocycles. The van der Waals surface area contributed by atoms with E-state index in [1.54, 1.807) is 0 Å². The first kappa shape index (κ1) is 13.2. The molecule has 0 radical (unpaired) electrons. The van der Waals surface area contributed by atoms with Crippen LogP contribution in [0.25, 0.3) is 0 Å². The summed E-state index contributed by atoms with van der Waals surface area (Å²) >= 11 is 0. The van der Waals surface area contributed by atoms with Crippen LogP contribution in [0.3, 0.4) is 0 Å². The minimum atomic E-state index is -4.42. The van der Waals surface area contributed by atoms with Gasteiger partial charge in [0.2, 0.25) is 10.0 Å². The number of rotatable bonds is 3. The largest absolute Gasteiger partial charge is 0.411 e. The maximum Gasteiger partial charge on any atom is 0.411 e. The quantitative estimate of drug-likeness (QED) is 0.887. The zero-order valence-corrected chi connectivity index (χ0v) is 9.98. The van der Waals surface area contributed by atoms with Crippen LogP contribution in [-0.4, -0.2) is 20.1 Å². The van der Waals surface area contributed by atoms with E-state index >= 15 is 0 Å². The number of hydrogen-bond acceptors (Lipinski definition) is 3. The average Bonchev–Trinajstić information content (AvgIpc) is 2.97. The number of sulfonamides is 1. The van der Waals surface area contributed by atoms with Crippen molar-refractivity contribution in [3.05, 3.63) is 24.3 Å². The fourth-order valence-electron chi connectivity index (χ4n) is 1.68. The third-order valence-corrected chi connectivity index (χ3v) is 3.83. The van der Waals surface area contributed by atoms with E-state index in [1.807, 2.05) is 0 Å². The van der Waals surface area contributed by atoms with Crippen LogP contribution in [0, 0.1) is 0 Å². The molecule has 1 aliphatic rings. The third kappa shape index (κ3) is 2.30. The fraction of sp³-hybridized carbons (Fsp3) is 0.400. The number of nitrogens with one attached hydrogen (secondary N) is 1. The van der Waals surface area contributed by atoms with E-state index in [-0.39, 0.29) is 23.4 Å². The second-order valence-electron chi connectivity index (χ2n) is 4.25. The first-order chi connectivity index (χ1) is 8.16. The van der Waals surface area contributed by atoms with Gasteiger partial charge in [-0.15, -0.1) is 0 Å². The van der Waals surface area contributed by atoms with Crippen molar-refractivity contribution >= 4 is 15.7 Å². The van der Waals surface area contributed by atoms with Gasteiger partial charge in [0, 0.05) is 0 Å². The lowest BCUT2D eigenvalue weighted by molar-refractivity contribution is -0.151. The topological polar surface area (TPSA) is 72.2 Å². The van der Waals surface area contributed by atoms with E-state index in [1.165, 1.54) is 24.3 Å². The van der Waals surface area contributed by atoms with Gasteiger partial charge in [-0.1, -0.05) is 12.1 Å². The molecule has 1 aromatic rings. The molecule has 8 heteroatoms. The van der Waals surface area contributed by atoms with Crippen LogP contribution in [0.1, 0.15) is 12.8 Å². The molecule has 0 aromatic heterocycles. The van der Waals surface area contributed by atoms with Gasteiger partial charge in [-0.05, 0) is 25.0 Å². The lowest BCUT2D eigenvalue weighted by Crippen LogP contribution is -2.39. The molecule has 3 N–H and O–H groups in total. The number of para-hydroxylation sites is 1. The monoisotopic (exact) mass is 280 g/mol. The van der Waals surface area contributed by atoms with Crippen LogP contribution in [0.5, 0.6) is 0 Å². The summed E-state index contributed by atoms with van der Waals surface area (Å²) in [4.78, 5) is -0.333. The van der Waals surface area contributed by atoms with Crippen molar-refractivity contribution in [2.24, 2.45) is 5.14 Å². The summed E-state index contributed by atoms with van der Waals surface area (Å²) in [6.45, 7) is 0. The summed E-state index contributed by atoms with van der Waals surface area (Å²) < 4.78 is 60.8. The van der Waals surface area contributed by atoms with Crippen molar-refractivity contribution in [2.45, 2.75) is 29.5 Å². The van der Waals surface area contributed by atoms with Crippen molar-refractivity contribution in [3.63, 3.8) is 0 Å². The fourth-order valence-corrected chi connectivity index (χ4v) is 2.37. The van der Waals surface area contributed by atoms with Crippen LogP contribution in [0.15, 0.2) is 29.2 Å². The van der Waals surface area contributed by atoms with Gasteiger partial charge in [0.15, 0.2) is 0 Å². The Morgan fingerprint density at radius 3 is 2.22 bits per heavy atom. The van der Waals surface area contributed by atoms with Crippen molar-refractivity contribution in [1.29, 1.82) is 0 Å². The SMILES string of the molecule is NS(=O)(=O)c1ccccc1NC1(C(F)(F)F)CC1. The standard InChI is InChI=1S/C10H11F3N2O2S/c11-10(12,13)9(5-6-9)15-7-3-1-2-4-8(7)18(14,16)17/h1-4,15H,5-6H2,(H2,14,16,17).